The van der Waals surface area contributed by atoms with E-state index in [1.54, 1.807) is 0 Å². The number of aliphatic carboxylic acids is 1. The van der Waals surface area contributed by atoms with Gasteiger partial charge in [-0.3, -0.25) is 4.79 Å². The molecule has 13 heavy (non-hydrogen) atoms. The van der Waals surface area contributed by atoms with Crippen molar-refractivity contribution < 1.29 is 9.90 Å². The van der Waals surface area contributed by atoms with E-state index in [-0.39, 0.29) is 6.42 Å². The maximum Gasteiger partial charge on any atom is 0.304 e. The molecule has 2 nitrogen and oxygen atoms in total. The van der Waals surface area contributed by atoms with Gasteiger partial charge >= 0.3 is 5.97 Å². The van der Waals surface area contributed by atoms with Crippen molar-refractivity contribution in [3.05, 3.63) is 35.4 Å². The molecule has 0 saturated carbocycles. The number of halogens is 1. The highest BCUT2D eigenvalue weighted by Crippen LogP contribution is 2.03. The first-order valence-electron chi connectivity index (χ1n) is 3.70. The second-order valence-electron chi connectivity index (χ2n) is 2.16. The van der Waals surface area contributed by atoms with Crippen LogP contribution in [-0.4, -0.2) is 16.8 Å². The molecular weight excluding hydrogens is 208 g/mol. The SMILES string of the molecule is Clc1ccccc1.O=C(O)CCS. The summed E-state index contributed by atoms with van der Waals surface area (Å²) in [7, 11) is 0. The van der Waals surface area contributed by atoms with Crippen molar-refractivity contribution in [3.8, 4) is 0 Å². The van der Waals surface area contributed by atoms with Crippen molar-refractivity contribution in [3.63, 3.8) is 0 Å². The van der Waals surface area contributed by atoms with Crippen LogP contribution in [0.15, 0.2) is 30.3 Å². The van der Waals surface area contributed by atoms with Crippen LogP contribution in [0.25, 0.3) is 0 Å². The van der Waals surface area contributed by atoms with Gasteiger partial charge < -0.3 is 5.11 Å². The number of thiol groups is 1. The van der Waals surface area contributed by atoms with Gasteiger partial charge in [0.15, 0.2) is 0 Å². The molecule has 0 saturated heterocycles. The largest absolute Gasteiger partial charge is 0.481 e. The molecule has 0 spiro atoms. The average Bonchev–Trinajstić information content (AvgIpc) is 2.06. The molecule has 4 heteroatoms. The van der Waals surface area contributed by atoms with E-state index in [0.29, 0.717) is 5.75 Å². The van der Waals surface area contributed by atoms with Gasteiger partial charge in [0, 0.05) is 10.8 Å². The number of carboxylic acids is 1. The molecule has 0 fully saturated rings. The molecule has 72 valence electrons. The zero-order chi connectivity index (χ0) is 10.1. The van der Waals surface area contributed by atoms with Crippen molar-refractivity contribution in [2.45, 2.75) is 6.42 Å². The molecule has 0 atom stereocenters. The molecule has 1 aromatic carbocycles. The molecule has 0 aliphatic carbocycles. The topological polar surface area (TPSA) is 37.3 Å². The molecule has 0 aromatic heterocycles. The van der Waals surface area contributed by atoms with Gasteiger partial charge in [-0.05, 0) is 12.1 Å². The van der Waals surface area contributed by atoms with E-state index in [2.05, 4.69) is 12.6 Å². The molecule has 1 aromatic rings. The number of rotatable bonds is 2. The number of benzene rings is 1. The molecular formula is C9H11ClO2S. The maximum atomic E-state index is 9.55. The number of hydrogen-bond acceptors (Lipinski definition) is 2. The van der Waals surface area contributed by atoms with Gasteiger partial charge in [-0.15, -0.1) is 0 Å². The third kappa shape index (κ3) is 9.24. The summed E-state index contributed by atoms with van der Waals surface area (Å²) in [5.74, 6) is -0.361. The Morgan fingerprint density at radius 2 is 1.92 bits per heavy atom. The molecule has 0 aliphatic rings. The first kappa shape index (κ1) is 12.3. The first-order chi connectivity index (χ1) is 6.16. The fraction of sp³-hybridized carbons (Fsp3) is 0.222. The van der Waals surface area contributed by atoms with E-state index in [0.717, 1.165) is 5.02 Å². The monoisotopic (exact) mass is 218 g/mol. The Morgan fingerprint density at radius 3 is 2.08 bits per heavy atom. The lowest BCUT2D eigenvalue weighted by Crippen LogP contribution is -1.93. The summed E-state index contributed by atoms with van der Waals surface area (Å²) in [4.78, 5) is 9.55. The summed E-state index contributed by atoms with van der Waals surface area (Å²) in [5, 5.41) is 8.66. The van der Waals surface area contributed by atoms with E-state index < -0.39 is 5.97 Å². The lowest BCUT2D eigenvalue weighted by Gasteiger charge is -1.80. The van der Waals surface area contributed by atoms with Crippen LogP contribution in [0.4, 0.5) is 0 Å². The summed E-state index contributed by atoms with van der Waals surface area (Å²) < 4.78 is 0. The van der Waals surface area contributed by atoms with Gasteiger partial charge in [0.2, 0.25) is 0 Å². The molecule has 0 amide bonds. The van der Waals surface area contributed by atoms with Crippen LogP contribution in [0.1, 0.15) is 6.42 Å². The molecule has 1 N–H and O–H groups in total. The number of hydrogen-bond donors (Lipinski definition) is 2. The second kappa shape index (κ2) is 7.95. The molecule has 0 unspecified atom stereocenters. The van der Waals surface area contributed by atoms with Gasteiger partial charge in [0.25, 0.3) is 0 Å². The highest BCUT2D eigenvalue weighted by molar-refractivity contribution is 7.80. The predicted octanol–water partition coefficient (Wildman–Crippen LogP) is 2.73. The van der Waals surface area contributed by atoms with Gasteiger partial charge in [-0.25, -0.2) is 0 Å². The van der Waals surface area contributed by atoms with Crippen LogP contribution in [0.5, 0.6) is 0 Å². The third-order valence-electron chi connectivity index (χ3n) is 1.06. The summed E-state index contributed by atoms with van der Waals surface area (Å²) >= 11 is 9.22. The highest BCUT2D eigenvalue weighted by atomic mass is 35.5. The standard InChI is InChI=1S/C6H5Cl.C3H6O2S/c7-6-4-2-1-3-5-6;4-3(5)1-2-6/h1-5H;6H,1-2H2,(H,4,5). The summed E-state index contributed by atoms with van der Waals surface area (Å²) in [6.45, 7) is 0. The Bertz CT molecular complexity index is 239. The molecule has 0 aliphatic heterocycles. The minimum absolute atomic E-state index is 0.156. The Hall–Kier alpha value is -0.670. The zero-order valence-corrected chi connectivity index (χ0v) is 8.63. The third-order valence-corrected chi connectivity index (χ3v) is 1.53. The Morgan fingerprint density at radius 1 is 1.38 bits per heavy atom. The van der Waals surface area contributed by atoms with Crippen LogP contribution in [-0.2, 0) is 4.79 Å². The Labute approximate surface area is 87.9 Å². The minimum atomic E-state index is -0.787. The smallest absolute Gasteiger partial charge is 0.304 e. The summed E-state index contributed by atoms with van der Waals surface area (Å²) in [6, 6.07) is 9.44. The van der Waals surface area contributed by atoms with Gasteiger partial charge in [-0.2, -0.15) is 12.6 Å². The molecule has 1 rings (SSSR count). The first-order valence-corrected chi connectivity index (χ1v) is 4.71. The number of carboxylic acid groups (broad SMARTS) is 1. The normalized spacial score (nSPS) is 8.46. The fourth-order valence-corrected chi connectivity index (χ4v) is 0.847. The quantitative estimate of drug-likeness (QED) is 0.749. The van der Waals surface area contributed by atoms with Crippen LogP contribution < -0.4 is 0 Å². The van der Waals surface area contributed by atoms with Gasteiger partial charge in [0.1, 0.15) is 0 Å². The van der Waals surface area contributed by atoms with Gasteiger partial charge in [-0.1, -0.05) is 29.8 Å². The average molecular weight is 219 g/mol. The van der Waals surface area contributed by atoms with Crippen molar-refractivity contribution in [2.24, 2.45) is 0 Å². The van der Waals surface area contributed by atoms with Crippen LogP contribution in [0.2, 0.25) is 5.02 Å². The molecule has 0 bridgehead atoms. The number of carbonyl (C=O) groups is 1. The summed E-state index contributed by atoms with van der Waals surface area (Å²) in [5.41, 5.74) is 0. The van der Waals surface area contributed by atoms with Gasteiger partial charge in [0.05, 0.1) is 6.42 Å². The lowest BCUT2D eigenvalue weighted by molar-refractivity contribution is -0.136. The van der Waals surface area contributed by atoms with Crippen molar-refractivity contribution in [1.29, 1.82) is 0 Å². The fourth-order valence-electron chi connectivity index (χ4n) is 0.510. The molecule has 0 radical (unpaired) electrons. The zero-order valence-electron chi connectivity index (χ0n) is 6.98. The van der Waals surface area contributed by atoms with E-state index in [1.807, 2.05) is 30.3 Å². The van der Waals surface area contributed by atoms with E-state index in [4.69, 9.17) is 16.7 Å². The second-order valence-corrected chi connectivity index (χ2v) is 3.05. The highest BCUT2D eigenvalue weighted by Gasteiger charge is 1.88. The van der Waals surface area contributed by atoms with Crippen LogP contribution >= 0.6 is 24.2 Å². The Balaban J connectivity index is 0.000000226. The van der Waals surface area contributed by atoms with Crippen molar-refractivity contribution in [1.82, 2.24) is 0 Å². The Kier molecular flexibility index (Phi) is 7.54. The minimum Gasteiger partial charge on any atom is -0.481 e. The maximum absolute atomic E-state index is 9.55. The van der Waals surface area contributed by atoms with Crippen molar-refractivity contribution in [2.75, 3.05) is 5.75 Å². The van der Waals surface area contributed by atoms with E-state index in [1.165, 1.54) is 0 Å². The predicted molar refractivity (Wildman–Crippen MR) is 57.6 cm³/mol. The van der Waals surface area contributed by atoms with Crippen LogP contribution in [0, 0.1) is 0 Å². The molecule has 0 heterocycles. The lowest BCUT2D eigenvalue weighted by atomic mass is 10.4. The van der Waals surface area contributed by atoms with Crippen molar-refractivity contribution >= 4 is 30.2 Å². The van der Waals surface area contributed by atoms with E-state index in [9.17, 15) is 4.79 Å². The summed E-state index contributed by atoms with van der Waals surface area (Å²) in [6.07, 6.45) is 0.156. The van der Waals surface area contributed by atoms with E-state index >= 15 is 0 Å². The van der Waals surface area contributed by atoms with Crippen LogP contribution in [0.3, 0.4) is 0 Å².